The van der Waals surface area contributed by atoms with E-state index in [1.165, 1.54) is 6.39 Å². The first-order chi connectivity index (χ1) is 16.5. The van der Waals surface area contributed by atoms with Crippen molar-refractivity contribution in [3.05, 3.63) is 78.3 Å². The lowest BCUT2D eigenvalue weighted by molar-refractivity contribution is 0.0996. The van der Waals surface area contributed by atoms with Crippen LogP contribution in [0.4, 0.5) is 11.4 Å². The summed E-state index contributed by atoms with van der Waals surface area (Å²) in [6.07, 6.45) is 3.40. The molecule has 7 heteroatoms. The highest BCUT2D eigenvalue weighted by molar-refractivity contribution is 6.08. The van der Waals surface area contributed by atoms with Gasteiger partial charge in [0.1, 0.15) is 0 Å². The van der Waals surface area contributed by atoms with Crippen LogP contribution in [0.2, 0.25) is 0 Å². The molecule has 5 rings (SSSR count). The largest absolute Gasteiger partial charge is 0.443 e. The Morgan fingerprint density at radius 3 is 2.56 bits per heavy atom. The Morgan fingerprint density at radius 1 is 1.03 bits per heavy atom. The number of carbonyl (C=O) groups excluding carboxylic acids is 2. The van der Waals surface area contributed by atoms with E-state index in [1.807, 2.05) is 48.5 Å². The molecule has 2 amide bonds. The fourth-order valence-electron chi connectivity index (χ4n) is 4.47. The molecule has 7 nitrogen and oxygen atoms in total. The maximum atomic E-state index is 13.1. The number of hydrogen-bond donors (Lipinski definition) is 2. The van der Waals surface area contributed by atoms with E-state index in [2.05, 4.69) is 22.1 Å². The number of hydrogen-bond acceptors (Lipinski definition) is 5. The maximum absolute atomic E-state index is 13.1. The number of nitrogens with two attached hydrogens (primary N) is 1. The first-order valence-electron chi connectivity index (χ1n) is 11.4. The van der Waals surface area contributed by atoms with Crippen LogP contribution in [0.3, 0.4) is 0 Å². The van der Waals surface area contributed by atoms with Gasteiger partial charge in [-0.1, -0.05) is 43.3 Å². The molecule has 0 radical (unpaired) electrons. The normalized spacial score (nSPS) is 14.3. The number of amides is 2. The van der Waals surface area contributed by atoms with Gasteiger partial charge in [0.2, 0.25) is 0 Å². The number of anilines is 2. The number of nitrogens with one attached hydrogen (secondary N) is 1. The van der Waals surface area contributed by atoms with E-state index >= 15 is 0 Å². The van der Waals surface area contributed by atoms with E-state index in [9.17, 15) is 9.59 Å². The van der Waals surface area contributed by atoms with Gasteiger partial charge in [-0.3, -0.25) is 9.59 Å². The van der Waals surface area contributed by atoms with Gasteiger partial charge < -0.3 is 20.4 Å². The number of nitrogens with zero attached hydrogens (tertiary/aromatic N) is 2. The van der Waals surface area contributed by atoms with Crippen LogP contribution in [0.15, 0.2) is 71.5 Å². The van der Waals surface area contributed by atoms with Crippen molar-refractivity contribution in [1.29, 1.82) is 0 Å². The molecule has 0 bridgehead atoms. The van der Waals surface area contributed by atoms with E-state index in [4.69, 9.17) is 10.2 Å². The van der Waals surface area contributed by atoms with Crippen LogP contribution < -0.4 is 16.0 Å². The summed E-state index contributed by atoms with van der Waals surface area (Å²) in [4.78, 5) is 31.6. The zero-order chi connectivity index (χ0) is 23.7. The average Bonchev–Trinajstić information content (AvgIpc) is 3.34. The van der Waals surface area contributed by atoms with Crippen molar-refractivity contribution in [1.82, 2.24) is 4.98 Å². The lowest BCUT2D eigenvalue weighted by Crippen LogP contribution is -2.34. The minimum Gasteiger partial charge on any atom is -0.443 e. The van der Waals surface area contributed by atoms with Gasteiger partial charge in [-0.25, -0.2) is 4.98 Å². The van der Waals surface area contributed by atoms with Crippen molar-refractivity contribution in [2.24, 2.45) is 11.7 Å². The molecule has 1 aromatic heterocycles. The minimum atomic E-state index is -0.525. The van der Waals surface area contributed by atoms with Gasteiger partial charge in [0.15, 0.2) is 17.8 Å². The predicted molar refractivity (Wildman–Crippen MR) is 133 cm³/mol. The van der Waals surface area contributed by atoms with Gasteiger partial charge in [-0.15, -0.1) is 0 Å². The number of aromatic nitrogens is 1. The highest BCUT2D eigenvalue weighted by atomic mass is 16.3. The van der Waals surface area contributed by atoms with Crippen molar-refractivity contribution in [2.75, 3.05) is 23.3 Å². The van der Waals surface area contributed by atoms with Crippen LogP contribution in [-0.4, -0.2) is 29.9 Å². The molecular formula is C27H26N4O3. The minimum absolute atomic E-state index is 0.171. The quantitative estimate of drug-likeness (QED) is 0.438. The van der Waals surface area contributed by atoms with Gasteiger partial charge in [0, 0.05) is 30.0 Å². The molecule has 34 heavy (non-hydrogen) atoms. The highest BCUT2D eigenvalue weighted by Crippen LogP contribution is 2.30. The first kappa shape index (κ1) is 21.7. The SMILES string of the molecule is CC1CCN(c2ccc(NC(=O)c3ncoc3-c3ccc4ccccc4c3)cc2C(N)=O)CC1. The van der Waals surface area contributed by atoms with Gasteiger partial charge in [-0.05, 0) is 53.8 Å². The van der Waals surface area contributed by atoms with Crippen LogP contribution >= 0.6 is 0 Å². The van der Waals surface area contributed by atoms with Crippen molar-refractivity contribution in [3.63, 3.8) is 0 Å². The zero-order valence-corrected chi connectivity index (χ0v) is 19.0. The lowest BCUT2D eigenvalue weighted by atomic mass is 9.98. The molecule has 0 aliphatic carbocycles. The molecule has 2 heterocycles. The summed E-state index contributed by atoms with van der Waals surface area (Å²) < 4.78 is 5.57. The standard InChI is InChI=1S/C27H26N4O3/c1-17-10-12-31(13-11-17)23-9-8-21(15-22(23)26(28)32)30-27(33)24-25(34-16-29-24)20-7-6-18-4-2-3-5-19(18)14-20/h2-9,14-17H,10-13H2,1H3,(H2,28,32)(H,30,33). The van der Waals surface area contributed by atoms with Crippen LogP contribution in [0, 0.1) is 5.92 Å². The van der Waals surface area contributed by atoms with Gasteiger partial charge in [0.25, 0.3) is 11.8 Å². The third-order valence-corrected chi connectivity index (χ3v) is 6.44. The second kappa shape index (κ2) is 9.02. The summed E-state index contributed by atoms with van der Waals surface area (Å²) in [6, 6.07) is 19.1. The number of piperidine rings is 1. The molecule has 0 unspecified atom stereocenters. The van der Waals surface area contributed by atoms with E-state index in [0.29, 0.717) is 22.9 Å². The van der Waals surface area contributed by atoms with Crippen molar-refractivity contribution in [3.8, 4) is 11.3 Å². The molecule has 172 valence electrons. The monoisotopic (exact) mass is 454 g/mol. The number of rotatable bonds is 5. The Morgan fingerprint density at radius 2 is 1.79 bits per heavy atom. The van der Waals surface area contributed by atoms with E-state index in [0.717, 1.165) is 48.0 Å². The second-order valence-corrected chi connectivity index (χ2v) is 8.81. The Hall–Kier alpha value is -4.13. The second-order valence-electron chi connectivity index (χ2n) is 8.81. The fraction of sp³-hybridized carbons (Fsp3) is 0.222. The van der Waals surface area contributed by atoms with Crippen LogP contribution in [0.1, 0.15) is 40.6 Å². The summed E-state index contributed by atoms with van der Waals surface area (Å²) in [5, 5.41) is 4.97. The van der Waals surface area contributed by atoms with Gasteiger partial charge >= 0.3 is 0 Å². The molecule has 1 fully saturated rings. The molecule has 0 spiro atoms. The predicted octanol–water partition coefficient (Wildman–Crippen LogP) is 5.08. The van der Waals surface area contributed by atoms with Crippen molar-refractivity contribution < 1.29 is 14.0 Å². The Balaban J connectivity index is 1.40. The van der Waals surface area contributed by atoms with Crippen LogP contribution in [0.25, 0.3) is 22.1 Å². The molecule has 3 N–H and O–H groups in total. The average molecular weight is 455 g/mol. The number of benzene rings is 3. The van der Waals surface area contributed by atoms with E-state index < -0.39 is 11.8 Å². The highest BCUT2D eigenvalue weighted by Gasteiger charge is 2.22. The number of oxazole rings is 1. The first-order valence-corrected chi connectivity index (χ1v) is 11.4. The number of fused-ring (bicyclic) bond motifs is 1. The summed E-state index contributed by atoms with van der Waals surface area (Å²) in [7, 11) is 0. The summed E-state index contributed by atoms with van der Waals surface area (Å²) in [6.45, 7) is 3.99. The topological polar surface area (TPSA) is 101 Å². The van der Waals surface area contributed by atoms with Gasteiger partial charge in [0.05, 0.1) is 5.56 Å². The Bertz CT molecular complexity index is 1370. The molecule has 0 atom stereocenters. The smallest absolute Gasteiger partial charge is 0.278 e. The third-order valence-electron chi connectivity index (χ3n) is 6.44. The molecule has 0 saturated carbocycles. The molecular weight excluding hydrogens is 428 g/mol. The van der Waals surface area contributed by atoms with Crippen LogP contribution in [-0.2, 0) is 0 Å². The molecule has 1 saturated heterocycles. The molecule has 4 aromatic rings. The van der Waals surface area contributed by atoms with Gasteiger partial charge in [-0.2, -0.15) is 0 Å². The van der Waals surface area contributed by atoms with E-state index in [-0.39, 0.29) is 5.69 Å². The third kappa shape index (κ3) is 4.24. The lowest BCUT2D eigenvalue weighted by Gasteiger charge is -2.33. The Kier molecular flexibility index (Phi) is 5.76. The Labute approximate surface area is 197 Å². The number of primary amides is 1. The van der Waals surface area contributed by atoms with Crippen molar-refractivity contribution in [2.45, 2.75) is 19.8 Å². The fourth-order valence-corrected chi connectivity index (χ4v) is 4.47. The maximum Gasteiger partial charge on any atom is 0.278 e. The van der Waals surface area contributed by atoms with Crippen LogP contribution in [0.5, 0.6) is 0 Å². The molecule has 1 aliphatic rings. The summed E-state index contributed by atoms with van der Waals surface area (Å²) in [5.74, 6) is 0.110. The summed E-state index contributed by atoms with van der Waals surface area (Å²) >= 11 is 0. The van der Waals surface area contributed by atoms with E-state index in [1.54, 1.807) is 12.1 Å². The molecule has 3 aromatic carbocycles. The van der Waals surface area contributed by atoms with Crippen molar-refractivity contribution >= 4 is 34.0 Å². The summed E-state index contributed by atoms with van der Waals surface area (Å²) in [5.41, 5.74) is 8.28. The zero-order valence-electron chi connectivity index (χ0n) is 19.0. The molecule has 1 aliphatic heterocycles. The number of carbonyl (C=O) groups is 2.